The Labute approximate surface area is 155 Å². The normalized spacial score (nSPS) is 15.3. The Morgan fingerprint density at radius 3 is 2.74 bits per heavy atom. The topological polar surface area (TPSA) is 110 Å². The lowest BCUT2D eigenvalue weighted by atomic mass is 9.74. The molecule has 3 aromatic rings. The largest absolute Gasteiger partial charge is 0.481 e. The Morgan fingerprint density at radius 2 is 2.04 bits per heavy atom. The zero-order valence-electron chi connectivity index (χ0n) is 14.8. The molecule has 27 heavy (non-hydrogen) atoms. The van der Waals surface area contributed by atoms with Gasteiger partial charge in [0, 0.05) is 11.6 Å². The number of nitrogens with zero attached hydrogens (tertiary/aromatic N) is 4. The molecule has 1 fully saturated rings. The van der Waals surface area contributed by atoms with Crippen LogP contribution < -0.4 is 5.32 Å². The van der Waals surface area contributed by atoms with E-state index in [9.17, 15) is 9.59 Å². The standard InChI is InChI=1S/C19H19N5O3/c1-12-16(18(27)21-19(8-4-9-19)11-15(25)26)22-23-24(12)14-7-2-5-13-6-3-10-20-17(13)14/h2-3,5-7,10H,4,8-9,11H2,1H3,(H,21,27)(H,25,26). The molecule has 0 saturated heterocycles. The lowest BCUT2D eigenvalue weighted by Gasteiger charge is -2.41. The van der Waals surface area contributed by atoms with Crippen molar-refractivity contribution in [2.75, 3.05) is 0 Å². The first-order chi connectivity index (χ1) is 13.0. The van der Waals surface area contributed by atoms with Gasteiger partial charge in [-0.2, -0.15) is 0 Å². The molecule has 8 heteroatoms. The first-order valence-electron chi connectivity index (χ1n) is 8.80. The molecule has 2 aromatic heterocycles. The van der Waals surface area contributed by atoms with Crippen molar-refractivity contribution in [3.8, 4) is 5.69 Å². The molecule has 2 heterocycles. The molecule has 8 nitrogen and oxygen atoms in total. The summed E-state index contributed by atoms with van der Waals surface area (Å²) in [4.78, 5) is 28.3. The maximum Gasteiger partial charge on any atom is 0.305 e. The fraction of sp³-hybridized carbons (Fsp3) is 0.316. The number of pyridine rings is 1. The summed E-state index contributed by atoms with van der Waals surface area (Å²) in [6.45, 7) is 1.77. The van der Waals surface area contributed by atoms with E-state index >= 15 is 0 Å². The van der Waals surface area contributed by atoms with Gasteiger partial charge in [0.2, 0.25) is 0 Å². The van der Waals surface area contributed by atoms with E-state index in [0.29, 0.717) is 18.5 Å². The first-order valence-corrected chi connectivity index (χ1v) is 8.80. The second-order valence-electron chi connectivity index (χ2n) is 6.95. The zero-order valence-corrected chi connectivity index (χ0v) is 14.8. The third-order valence-electron chi connectivity index (χ3n) is 5.13. The molecule has 0 radical (unpaired) electrons. The van der Waals surface area contributed by atoms with Crippen molar-refractivity contribution in [1.29, 1.82) is 0 Å². The third-order valence-corrected chi connectivity index (χ3v) is 5.13. The molecule has 1 aliphatic rings. The number of amides is 1. The highest BCUT2D eigenvalue weighted by atomic mass is 16.4. The van der Waals surface area contributed by atoms with Crippen LogP contribution in [0.2, 0.25) is 0 Å². The average molecular weight is 365 g/mol. The minimum Gasteiger partial charge on any atom is -0.481 e. The maximum atomic E-state index is 12.7. The number of carbonyl (C=O) groups excluding carboxylic acids is 1. The highest BCUT2D eigenvalue weighted by Gasteiger charge is 2.41. The highest BCUT2D eigenvalue weighted by molar-refractivity contribution is 5.94. The van der Waals surface area contributed by atoms with Crippen molar-refractivity contribution >= 4 is 22.8 Å². The average Bonchev–Trinajstić information content (AvgIpc) is 3.00. The van der Waals surface area contributed by atoms with Gasteiger partial charge >= 0.3 is 5.97 Å². The van der Waals surface area contributed by atoms with E-state index in [1.54, 1.807) is 17.8 Å². The molecule has 0 aliphatic heterocycles. The van der Waals surface area contributed by atoms with Crippen LogP contribution in [0, 0.1) is 6.92 Å². The van der Waals surface area contributed by atoms with Crippen LogP contribution in [0.5, 0.6) is 0 Å². The summed E-state index contributed by atoms with van der Waals surface area (Å²) >= 11 is 0. The van der Waals surface area contributed by atoms with E-state index in [-0.39, 0.29) is 12.1 Å². The number of carboxylic acid groups (broad SMARTS) is 1. The highest BCUT2D eigenvalue weighted by Crippen LogP contribution is 2.35. The van der Waals surface area contributed by atoms with Gasteiger partial charge in [0.15, 0.2) is 5.69 Å². The SMILES string of the molecule is Cc1c(C(=O)NC2(CC(=O)O)CCC2)nnn1-c1cccc2cccnc12. The van der Waals surface area contributed by atoms with Gasteiger partial charge in [-0.05, 0) is 38.3 Å². The number of nitrogens with one attached hydrogen (secondary N) is 1. The van der Waals surface area contributed by atoms with Crippen molar-refractivity contribution in [2.24, 2.45) is 0 Å². The van der Waals surface area contributed by atoms with Gasteiger partial charge in [-0.1, -0.05) is 23.4 Å². The van der Waals surface area contributed by atoms with Crippen molar-refractivity contribution in [3.63, 3.8) is 0 Å². The predicted octanol–water partition coefficient (Wildman–Crippen LogP) is 2.25. The number of aliphatic carboxylic acids is 1. The molecule has 138 valence electrons. The summed E-state index contributed by atoms with van der Waals surface area (Å²) in [5.74, 6) is -1.31. The van der Waals surface area contributed by atoms with E-state index in [4.69, 9.17) is 5.11 Å². The van der Waals surface area contributed by atoms with Gasteiger partial charge in [-0.25, -0.2) is 4.68 Å². The van der Waals surface area contributed by atoms with E-state index < -0.39 is 17.4 Å². The second kappa shape index (κ2) is 6.46. The first kappa shape index (κ1) is 17.1. The lowest BCUT2D eigenvalue weighted by Crippen LogP contribution is -2.54. The molecule has 0 bridgehead atoms. The molecule has 1 amide bonds. The lowest BCUT2D eigenvalue weighted by molar-refractivity contribution is -0.139. The Hall–Kier alpha value is -3.29. The summed E-state index contributed by atoms with van der Waals surface area (Å²) in [5.41, 5.74) is 1.59. The number of hydrogen-bond donors (Lipinski definition) is 2. The fourth-order valence-electron chi connectivity index (χ4n) is 3.57. The van der Waals surface area contributed by atoms with Crippen LogP contribution >= 0.6 is 0 Å². The summed E-state index contributed by atoms with van der Waals surface area (Å²) in [5, 5.41) is 21.1. The molecule has 0 spiro atoms. The maximum absolute atomic E-state index is 12.7. The third kappa shape index (κ3) is 3.03. The molecule has 2 N–H and O–H groups in total. The van der Waals surface area contributed by atoms with E-state index in [0.717, 1.165) is 23.0 Å². The summed E-state index contributed by atoms with van der Waals surface area (Å²) < 4.78 is 1.59. The fourth-order valence-corrected chi connectivity index (χ4v) is 3.57. The van der Waals surface area contributed by atoms with Crippen molar-refractivity contribution < 1.29 is 14.7 Å². The molecular formula is C19H19N5O3. The molecular weight excluding hydrogens is 346 g/mol. The van der Waals surface area contributed by atoms with Crippen LogP contribution in [0.4, 0.5) is 0 Å². The van der Waals surface area contributed by atoms with E-state index in [1.807, 2.05) is 30.3 Å². The number of hydrogen-bond acceptors (Lipinski definition) is 5. The second-order valence-corrected chi connectivity index (χ2v) is 6.95. The Kier molecular flexibility index (Phi) is 4.10. The Morgan fingerprint density at radius 1 is 1.26 bits per heavy atom. The molecule has 4 rings (SSSR count). The minimum absolute atomic E-state index is 0.0842. The minimum atomic E-state index is -0.919. The number of aromatic nitrogens is 4. The summed E-state index contributed by atoms with van der Waals surface area (Å²) in [6.07, 6.45) is 3.84. The van der Waals surface area contributed by atoms with Gasteiger partial charge in [0.25, 0.3) is 5.91 Å². The van der Waals surface area contributed by atoms with E-state index in [1.165, 1.54) is 0 Å². The van der Waals surface area contributed by atoms with Crippen LogP contribution in [0.3, 0.4) is 0 Å². The quantitative estimate of drug-likeness (QED) is 0.718. The number of para-hydroxylation sites is 1. The number of carboxylic acids is 1. The van der Waals surface area contributed by atoms with Crippen molar-refractivity contribution in [1.82, 2.24) is 25.3 Å². The zero-order chi connectivity index (χ0) is 19.0. The molecule has 1 aliphatic carbocycles. The smallest absolute Gasteiger partial charge is 0.305 e. The van der Waals surface area contributed by atoms with Gasteiger partial charge < -0.3 is 10.4 Å². The number of fused-ring (bicyclic) bond motifs is 1. The number of rotatable bonds is 5. The van der Waals surface area contributed by atoms with Gasteiger partial charge in [0.05, 0.1) is 28.9 Å². The van der Waals surface area contributed by atoms with Crippen LogP contribution in [0.15, 0.2) is 36.5 Å². The predicted molar refractivity (Wildman–Crippen MR) is 97.7 cm³/mol. The number of benzene rings is 1. The van der Waals surface area contributed by atoms with Gasteiger partial charge in [-0.3, -0.25) is 14.6 Å². The van der Waals surface area contributed by atoms with Crippen LogP contribution in [-0.4, -0.2) is 42.5 Å². The van der Waals surface area contributed by atoms with Crippen LogP contribution in [0.1, 0.15) is 41.9 Å². The molecule has 1 saturated carbocycles. The summed E-state index contributed by atoms with van der Waals surface area (Å²) in [6, 6.07) is 9.54. The van der Waals surface area contributed by atoms with Gasteiger partial charge in [0.1, 0.15) is 0 Å². The van der Waals surface area contributed by atoms with Crippen LogP contribution in [-0.2, 0) is 4.79 Å². The van der Waals surface area contributed by atoms with Gasteiger partial charge in [-0.15, -0.1) is 5.10 Å². The van der Waals surface area contributed by atoms with Crippen molar-refractivity contribution in [2.45, 2.75) is 38.1 Å². The monoisotopic (exact) mass is 365 g/mol. The Bertz CT molecular complexity index is 1030. The number of carbonyl (C=O) groups is 2. The van der Waals surface area contributed by atoms with Crippen LogP contribution in [0.25, 0.3) is 16.6 Å². The summed E-state index contributed by atoms with van der Waals surface area (Å²) in [7, 11) is 0. The van der Waals surface area contributed by atoms with E-state index in [2.05, 4.69) is 20.6 Å². The molecule has 1 aromatic carbocycles. The Balaban J connectivity index is 1.66. The molecule has 0 atom stereocenters. The van der Waals surface area contributed by atoms with Crippen molar-refractivity contribution in [3.05, 3.63) is 47.9 Å². The molecule has 0 unspecified atom stereocenters.